The third-order valence-electron chi connectivity index (χ3n) is 5.05. The minimum absolute atomic E-state index is 0.0976. The quantitative estimate of drug-likeness (QED) is 0.746. The van der Waals surface area contributed by atoms with Crippen molar-refractivity contribution in [2.45, 2.75) is 52.0 Å². The Morgan fingerprint density at radius 2 is 2.00 bits per heavy atom. The van der Waals surface area contributed by atoms with Gasteiger partial charge in [-0.25, -0.2) is 4.72 Å². The number of rotatable bonds is 7. The van der Waals surface area contributed by atoms with Crippen molar-refractivity contribution in [1.82, 2.24) is 14.3 Å². The van der Waals surface area contributed by atoms with Gasteiger partial charge in [0.15, 0.2) is 0 Å². The molecule has 20 heavy (non-hydrogen) atoms. The number of hydrogen-bond donors (Lipinski definition) is 2. The minimum Gasteiger partial charge on any atom is -0.318 e. The van der Waals surface area contributed by atoms with Crippen LogP contribution in [-0.4, -0.2) is 45.4 Å². The average Bonchev–Trinajstić information content (AvgIpc) is 3.19. The van der Waals surface area contributed by atoms with Crippen LogP contribution in [0.5, 0.6) is 0 Å². The van der Waals surface area contributed by atoms with E-state index in [0.717, 1.165) is 38.6 Å². The van der Waals surface area contributed by atoms with Crippen LogP contribution in [-0.2, 0) is 10.2 Å². The highest BCUT2D eigenvalue weighted by Crippen LogP contribution is 2.51. The first-order valence-electron chi connectivity index (χ1n) is 7.82. The molecule has 2 fully saturated rings. The molecule has 2 aliphatic rings. The first kappa shape index (κ1) is 16.2. The lowest BCUT2D eigenvalue weighted by Gasteiger charge is -2.35. The Morgan fingerprint density at radius 3 is 2.55 bits per heavy atom. The molecule has 1 saturated carbocycles. The number of likely N-dealkylation sites (N-methyl/N-ethyl adjacent to an activating group) is 1. The monoisotopic (exact) mass is 303 g/mol. The molecule has 2 N–H and O–H groups in total. The molecule has 0 aromatic heterocycles. The van der Waals surface area contributed by atoms with Crippen molar-refractivity contribution in [1.29, 1.82) is 0 Å². The molecule has 2 rings (SSSR count). The summed E-state index contributed by atoms with van der Waals surface area (Å²) in [6.07, 6.45) is 5.34. The van der Waals surface area contributed by atoms with Crippen LogP contribution in [0.4, 0.5) is 0 Å². The van der Waals surface area contributed by atoms with Crippen molar-refractivity contribution >= 4 is 10.2 Å². The van der Waals surface area contributed by atoms with Crippen LogP contribution in [0.2, 0.25) is 0 Å². The molecule has 5 nitrogen and oxygen atoms in total. The molecule has 6 heteroatoms. The molecule has 1 unspecified atom stereocenters. The van der Waals surface area contributed by atoms with E-state index < -0.39 is 10.2 Å². The molecule has 1 aliphatic carbocycles. The molecule has 0 bridgehead atoms. The van der Waals surface area contributed by atoms with Crippen molar-refractivity contribution < 1.29 is 8.42 Å². The van der Waals surface area contributed by atoms with Crippen LogP contribution in [0.25, 0.3) is 0 Å². The van der Waals surface area contributed by atoms with E-state index in [2.05, 4.69) is 23.9 Å². The molecule has 1 aliphatic heterocycles. The Labute approximate surface area is 123 Å². The van der Waals surface area contributed by atoms with E-state index in [0.29, 0.717) is 19.0 Å². The summed E-state index contributed by atoms with van der Waals surface area (Å²) >= 11 is 0. The molecule has 0 aromatic rings. The lowest BCUT2D eigenvalue weighted by Crippen LogP contribution is -2.53. The highest BCUT2D eigenvalue weighted by molar-refractivity contribution is 7.87. The second-order valence-corrected chi connectivity index (χ2v) is 8.37. The average molecular weight is 303 g/mol. The molecule has 1 saturated heterocycles. The molecule has 1 atom stereocenters. The standard InChI is InChI=1S/C14H29N3O2S/c1-12(2)14(7-8-14)11-16-20(18,19)17-9-5-4-6-13(17)10-15-3/h12-13,15-16H,4-11H2,1-3H3. The predicted molar refractivity (Wildman–Crippen MR) is 81.7 cm³/mol. The van der Waals surface area contributed by atoms with Crippen molar-refractivity contribution in [3.63, 3.8) is 0 Å². The molecular formula is C14H29N3O2S. The van der Waals surface area contributed by atoms with Crippen molar-refractivity contribution in [3.05, 3.63) is 0 Å². The Balaban J connectivity index is 1.97. The molecular weight excluding hydrogens is 274 g/mol. The maximum Gasteiger partial charge on any atom is 0.279 e. The normalized spacial score (nSPS) is 26.9. The van der Waals surface area contributed by atoms with E-state index in [9.17, 15) is 8.42 Å². The molecule has 0 amide bonds. The van der Waals surface area contributed by atoms with Crippen LogP contribution in [0.3, 0.4) is 0 Å². The van der Waals surface area contributed by atoms with Gasteiger partial charge in [-0.3, -0.25) is 0 Å². The number of nitrogens with one attached hydrogen (secondary N) is 2. The van der Waals surface area contributed by atoms with Gasteiger partial charge < -0.3 is 5.32 Å². The van der Waals surface area contributed by atoms with Gasteiger partial charge in [-0.05, 0) is 44.1 Å². The van der Waals surface area contributed by atoms with E-state index in [1.54, 1.807) is 4.31 Å². The van der Waals surface area contributed by atoms with Gasteiger partial charge in [0.2, 0.25) is 0 Å². The second-order valence-electron chi connectivity index (χ2n) is 6.66. The van der Waals surface area contributed by atoms with E-state index >= 15 is 0 Å². The zero-order chi connectivity index (χ0) is 14.8. The topological polar surface area (TPSA) is 61.4 Å². The summed E-state index contributed by atoms with van der Waals surface area (Å²) < 4.78 is 29.7. The zero-order valence-electron chi connectivity index (χ0n) is 13.0. The van der Waals surface area contributed by atoms with Gasteiger partial charge in [-0.1, -0.05) is 20.3 Å². The summed E-state index contributed by atoms with van der Waals surface area (Å²) in [6, 6.07) is 0.0976. The zero-order valence-corrected chi connectivity index (χ0v) is 13.8. The van der Waals surface area contributed by atoms with Crippen LogP contribution < -0.4 is 10.0 Å². The highest BCUT2D eigenvalue weighted by atomic mass is 32.2. The summed E-state index contributed by atoms with van der Waals surface area (Å²) in [5.74, 6) is 0.541. The largest absolute Gasteiger partial charge is 0.318 e. The third kappa shape index (κ3) is 3.53. The van der Waals surface area contributed by atoms with Crippen molar-refractivity contribution in [2.75, 3.05) is 26.7 Å². The number of piperidine rings is 1. The van der Waals surface area contributed by atoms with Gasteiger partial charge in [0.25, 0.3) is 10.2 Å². The van der Waals surface area contributed by atoms with Crippen molar-refractivity contribution in [3.8, 4) is 0 Å². The highest BCUT2D eigenvalue weighted by Gasteiger charge is 2.46. The fraction of sp³-hybridized carbons (Fsp3) is 1.00. The Morgan fingerprint density at radius 1 is 1.30 bits per heavy atom. The van der Waals surface area contributed by atoms with Crippen molar-refractivity contribution in [2.24, 2.45) is 11.3 Å². The first-order chi connectivity index (χ1) is 9.41. The molecule has 0 spiro atoms. The van der Waals surface area contributed by atoms with Crippen LogP contribution in [0, 0.1) is 11.3 Å². The Bertz CT molecular complexity index is 416. The van der Waals surface area contributed by atoms with Crippen LogP contribution >= 0.6 is 0 Å². The SMILES string of the molecule is CNCC1CCCCN1S(=O)(=O)NCC1(C(C)C)CC1. The number of nitrogens with zero attached hydrogens (tertiary/aromatic N) is 1. The van der Waals surface area contributed by atoms with Gasteiger partial charge in [-0.2, -0.15) is 12.7 Å². The molecule has 118 valence electrons. The molecule has 1 heterocycles. The van der Waals surface area contributed by atoms with E-state index in [1.165, 1.54) is 0 Å². The summed E-state index contributed by atoms with van der Waals surface area (Å²) in [6.45, 7) is 6.35. The summed E-state index contributed by atoms with van der Waals surface area (Å²) in [5.41, 5.74) is 0.210. The maximum atomic E-state index is 12.6. The predicted octanol–water partition coefficient (Wildman–Crippen LogP) is 1.33. The van der Waals surface area contributed by atoms with E-state index in [-0.39, 0.29) is 11.5 Å². The second kappa shape index (κ2) is 6.30. The summed E-state index contributed by atoms with van der Waals surface area (Å²) in [5, 5.41) is 3.11. The summed E-state index contributed by atoms with van der Waals surface area (Å²) in [7, 11) is -1.46. The van der Waals surface area contributed by atoms with Crippen LogP contribution in [0.15, 0.2) is 0 Å². The van der Waals surface area contributed by atoms with Gasteiger partial charge in [0.05, 0.1) is 0 Å². The first-order valence-corrected chi connectivity index (χ1v) is 9.26. The summed E-state index contributed by atoms with van der Waals surface area (Å²) in [4.78, 5) is 0. The van der Waals surface area contributed by atoms with Gasteiger partial charge >= 0.3 is 0 Å². The van der Waals surface area contributed by atoms with Gasteiger partial charge in [0.1, 0.15) is 0 Å². The maximum absolute atomic E-state index is 12.6. The van der Waals surface area contributed by atoms with E-state index in [4.69, 9.17) is 0 Å². The third-order valence-corrected chi connectivity index (χ3v) is 6.65. The Hall–Kier alpha value is -0.170. The lowest BCUT2D eigenvalue weighted by molar-refractivity contribution is 0.243. The number of hydrogen-bond acceptors (Lipinski definition) is 3. The van der Waals surface area contributed by atoms with Gasteiger partial charge in [-0.15, -0.1) is 0 Å². The minimum atomic E-state index is -3.34. The lowest BCUT2D eigenvalue weighted by atomic mass is 9.93. The Kier molecular flexibility index (Phi) is 5.10. The van der Waals surface area contributed by atoms with E-state index in [1.807, 2.05) is 7.05 Å². The van der Waals surface area contributed by atoms with Gasteiger partial charge in [0, 0.05) is 25.7 Å². The van der Waals surface area contributed by atoms with Crippen LogP contribution in [0.1, 0.15) is 46.0 Å². The fourth-order valence-corrected chi connectivity index (χ4v) is 4.74. The smallest absolute Gasteiger partial charge is 0.279 e. The molecule has 0 aromatic carbocycles. The fourth-order valence-electron chi connectivity index (χ4n) is 3.17. The molecule has 0 radical (unpaired) electrons.